The first kappa shape index (κ1) is 22.4. The van der Waals surface area contributed by atoms with Gasteiger partial charge in [0.25, 0.3) is 0 Å². The fourth-order valence-electron chi connectivity index (χ4n) is 2.23. The molecule has 0 fully saturated rings. The Kier molecular flexibility index (Phi) is 7.35. The molecule has 0 radical (unpaired) electrons. The van der Waals surface area contributed by atoms with Crippen LogP contribution < -0.4 is 10.5 Å². The second-order valence-electron chi connectivity index (χ2n) is 5.69. The maximum absolute atomic E-state index is 12.2. The standard InChI is InChI=1S/C18H14BrNO2.C2HF3O2/c19-17-15-4-2-1-3-13(15)9-10-16(17)22-18(21)14-7-5-12(11-20)6-8-14;3-2(4,5)1(6)7/h1-10H,11,20H2;(H,6,7). The SMILES string of the molecule is NCc1ccc(C(=O)Oc2ccc3ccccc3c2Br)cc1.O=C(O)C(F)(F)F. The van der Waals surface area contributed by atoms with Gasteiger partial charge in [-0.05, 0) is 50.5 Å². The molecule has 3 rings (SSSR count). The van der Waals surface area contributed by atoms with Gasteiger partial charge in [0.2, 0.25) is 0 Å². The maximum Gasteiger partial charge on any atom is 0.490 e. The number of carboxylic acids is 1. The van der Waals surface area contributed by atoms with E-state index in [0.29, 0.717) is 17.9 Å². The van der Waals surface area contributed by atoms with Crippen molar-refractivity contribution in [2.75, 3.05) is 0 Å². The highest BCUT2D eigenvalue weighted by molar-refractivity contribution is 9.10. The number of benzene rings is 3. The molecule has 0 aliphatic rings. The van der Waals surface area contributed by atoms with Crippen LogP contribution >= 0.6 is 15.9 Å². The lowest BCUT2D eigenvalue weighted by Gasteiger charge is -2.09. The Bertz CT molecular complexity index is 1020. The van der Waals surface area contributed by atoms with Crippen molar-refractivity contribution in [1.82, 2.24) is 0 Å². The highest BCUT2D eigenvalue weighted by Crippen LogP contribution is 2.33. The van der Waals surface area contributed by atoms with Gasteiger partial charge in [-0.25, -0.2) is 9.59 Å². The Morgan fingerprint density at radius 1 is 1.00 bits per heavy atom. The predicted octanol–water partition coefficient (Wildman–Crippen LogP) is 4.91. The van der Waals surface area contributed by atoms with Crippen LogP contribution in [0.15, 0.2) is 65.1 Å². The third-order valence-electron chi connectivity index (χ3n) is 3.70. The topological polar surface area (TPSA) is 89.6 Å². The molecule has 5 nitrogen and oxygen atoms in total. The molecule has 0 unspecified atom stereocenters. The average molecular weight is 470 g/mol. The van der Waals surface area contributed by atoms with E-state index < -0.39 is 12.1 Å². The molecule has 9 heteroatoms. The Morgan fingerprint density at radius 3 is 2.14 bits per heavy atom. The second kappa shape index (κ2) is 9.53. The maximum atomic E-state index is 12.2. The predicted molar refractivity (Wildman–Crippen MR) is 105 cm³/mol. The zero-order chi connectivity index (χ0) is 21.6. The molecule has 0 saturated heterocycles. The summed E-state index contributed by atoms with van der Waals surface area (Å²) in [4.78, 5) is 21.1. The summed E-state index contributed by atoms with van der Waals surface area (Å²) in [7, 11) is 0. The van der Waals surface area contributed by atoms with Crippen LogP contribution in [-0.2, 0) is 11.3 Å². The molecule has 0 amide bonds. The van der Waals surface area contributed by atoms with Crippen LogP contribution in [0, 0.1) is 0 Å². The van der Waals surface area contributed by atoms with Crippen molar-refractivity contribution in [3.05, 3.63) is 76.3 Å². The summed E-state index contributed by atoms with van der Waals surface area (Å²) in [6.07, 6.45) is -5.08. The lowest BCUT2D eigenvalue weighted by molar-refractivity contribution is -0.192. The molecule has 152 valence electrons. The van der Waals surface area contributed by atoms with Crippen LogP contribution in [0.5, 0.6) is 5.75 Å². The summed E-state index contributed by atoms with van der Waals surface area (Å²) < 4.78 is 38.0. The Labute approximate surface area is 172 Å². The molecule has 3 aromatic rings. The molecule has 3 N–H and O–H groups in total. The summed E-state index contributed by atoms with van der Waals surface area (Å²) in [6.45, 7) is 0.450. The number of aliphatic carboxylic acids is 1. The second-order valence-corrected chi connectivity index (χ2v) is 6.49. The fraction of sp³-hybridized carbons (Fsp3) is 0.100. The molecule has 0 bridgehead atoms. The number of ether oxygens (including phenoxy) is 1. The molecule has 0 aliphatic carbocycles. The third-order valence-corrected chi connectivity index (χ3v) is 4.52. The summed E-state index contributed by atoms with van der Waals surface area (Å²) in [6, 6.07) is 18.7. The molecule has 0 aliphatic heterocycles. The van der Waals surface area contributed by atoms with E-state index >= 15 is 0 Å². The zero-order valence-corrected chi connectivity index (χ0v) is 16.3. The number of esters is 1. The Balaban J connectivity index is 0.000000370. The van der Waals surface area contributed by atoms with Crippen molar-refractivity contribution in [2.45, 2.75) is 12.7 Å². The summed E-state index contributed by atoms with van der Waals surface area (Å²) in [5.74, 6) is -2.64. The number of hydrogen-bond donors (Lipinski definition) is 2. The minimum absolute atomic E-state index is 0.389. The number of rotatable bonds is 3. The number of carboxylic acid groups (broad SMARTS) is 1. The van der Waals surface area contributed by atoms with Crippen LogP contribution in [0.3, 0.4) is 0 Å². The van der Waals surface area contributed by atoms with E-state index in [2.05, 4.69) is 15.9 Å². The number of carbonyl (C=O) groups excluding carboxylic acids is 1. The van der Waals surface area contributed by atoms with Crippen molar-refractivity contribution in [3.8, 4) is 5.75 Å². The first-order chi connectivity index (χ1) is 13.6. The van der Waals surface area contributed by atoms with E-state index in [0.717, 1.165) is 20.8 Å². The number of hydrogen-bond acceptors (Lipinski definition) is 4. The van der Waals surface area contributed by atoms with Gasteiger partial charge < -0.3 is 15.6 Å². The van der Waals surface area contributed by atoms with Gasteiger partial charge in [0, 0.05) is 6.54 Å². The molecule has 3 aromatic carbocycles. The lowest BCUT2D eigenvalue weighted by atomic mass is 10.1. The van der Waals surface area contributed by atoms with Crippen LogP contribution in [0.1, 0.15) is 15.9 Å². The van der Waals surface area contributed by atoms with Crippen molar-refractivity contribution < 1.29 is 32.6 Å². The monoisotopic (exact) mass is 469 g/mol. The fourth-order valence-corrected chi connectivity index (χ4v) is 2.80. The van der Waals surface area contributed by atoms with E-state index in [1.807, 2.05) is 42.5 Å². The van der Waals surface area contributed by atoms with E-state index in [9.17, 15) is 18.0 Å². The van der Waals surface area contributed by atoms with Crippen LogP contribution in [0.25, 0.3) is 10.8 Å². The van der Waals surface area contributed by atoms with Crippen molar-refractivity contribution in [1.29, 1.82) is 0 Å². The van der Waals surface area contributed by atoms with Crippen LogP contribution in [0.4, 0.5) is 13.2 Å². The quantitative estimate of drug-likeness (QED) is 0.420. The summed E-state index contributed by atoms with van der Waals surface area (Å²) in [5, 5.41) is 9.22. The summed E-state index contributed by atoms with van der Waals surface area (Å²) >= 11 is 3.51. The molecule has 0 atom stereocenters. The van der Waals surface area contributed by atoms with Crippen molar-refractivity contribution in [3.63, 3.8) is 0 Å². The number of carbonyl (C=O) groups is 2. The van der Waals surface area contributed by atoms with Crippen molar-refractivity contribution in [2.24, 2.45) is 5.73 Å². The first-order valence-electron chi connectivity index (χ1n) is 8.12. The number of fused-ring (bicyclic) bond motifs is 1. The number of nitrogens with two attached hydrogens (primary N) is 1. The van der Waals surface area contributed by atoms with E-state index in [1.54, 1.807) is 18.2 Å². The highest BCUT2D eigenvalue weighted by atomic mass is 79.9. The van der Waals surface area contributed by atoms with Gasteiger partial charge in [-0.15, -0.1) is 0 Å². The smallest absolute Gasteiger partial charge is 0.475 e. The van der Waals surface area contributed by atoms with Gasteiger partial charge in [0.15, 0.2) is 0 Å². The van der Waals surface area contributed by atoms with Gasteiger partial charge in [-0.1, -0.05) is 42.5 Å². The molecular formula is C20H15BrF3NO4. The van der Waals surface area contributed by atoms with Gasteiger partial charge in [-0.3, -0.25) is 0 Å². The number of alkyl halides is 3. The van der Waals surface area contributed by atoms with Crippen LogP contribution in [0.2, 0.25) is 0 Å². The van der Waals surface area contributed by atoms with Gasteiger partial charge in [0.1, 0.15) is 5.75 Å². The van der Waals surface area contributed by atoms with Gasteiger partial charge in [0.05, 0.1) is 10.0 Å². The Morgan fingerprint density at radius 2 is 1.59 bits per heavy atom. The van der Waals surface area contributed by atoms with Gasteiger partial charge in [-0.2, -0.15) is 13.2 Å². The molecule has 29 heavy (non-hydrogen) atoms. The molecule has 0 aromatic heterocycles. The zero-order valence-electron chi connectivity index (χ0n) is 14.7. The lowest BCUT2D eigenvalue weighted by Crippen LogP contribution is -2.21. The normalized spacial score (nSPS) is 10.8. The molecular weight excluding hydrogens is 455 g/mol. The summed E-state index contributed by atoms with van der Waals surface area (Å²) in [5.41, 5.74) is 7.02. The molecule has 0 heterocycles. The van der Waals surface area contributed by atoms with Crippen LogP contribution in [-0.4, -0.2) is 23.2 Å². The Hall–Kier alpha value is -2.91. The average Bonchev–Trinajstić information content (AvgIpc) is 2.70. The van der Waals surface area contributed by atoms with E-state index in [1.165, 1.54) is 0 Å². The largest absolute Gasteiger partial charge is 0.490 e. The van der Waals surface area contributed by atoms with Crippen molar-refractivity contribution >= 4 is 38.6 Å². The molecule has 0 spiro atoms. The minimum Gasteiger partial charge on any atom is -0.475 e. The minimum atomic E-state index is -5.08. The first-order valence-corrected chi connectivity index (χ1v) is 8.91. The van der Waals surface area contributed by atoms with Gasteiger partial charge >= 0.3 is 18.1 Å². The van der Waals surface area contributed by atoms with E-state index in [-0.39, 0.29) is 5.97 Å². The van der Waals surface area contributed by atoms with E-state index in [4.69, 9.17) is 20.4 Å². The molecule has 0 saturated carbocycles. The highest BCUT2D eigenvalue weighted by Gasteiger charge is 2.38. The number of halogens is 4. The third kappa shape index (κ3) is 6.03.